The van der Waals surface area contributed by atoms with Crippen molar-refractivity contribution in [2.75, 3.05) is 20.7 Å². The second-order valence-corrected chi connectivity index (χ2v) is 5.05. The predicted octanol–water partition coefficient (Wildman–Crippen LogP) is 2.27. The first kappa shape index (κ1) is 19.7. The standard InChI is InChI=1S/C15H22N4O.HI/c1-15(2,20-4)11-19-14(17-3)18-10-13-7-5-12(9-16)6-8-13;/h5-8H,10-11H2,1-4H3,(H2,17,18,19);1H. The molecule has 0 amide bonds. The Kier molecular flexibility index (Phi) is 8.97. The van der Waals surface area contributed by atoms with Gasteiger partial charge in [0.15, 0.2) is 5.96 Å². The summed E-state index contributed by atoms with van der Waals surface area (Å²) in [5.74, 6) is 0.722. The molecule has 21 heavy (non-hydrogen) atoms. The summed E-state index contributed by atoms with van der Waals surface area (Å²) in [7, 11) is 3.42. The number of methoxy groups -OCH3 is 1. The van der Waals surface area contributed by atoms with E-state index in [-0.39, 0.29) is 29.6 Å². The highest BCUT2D eigenvalue weighted by Crippen LogP contribution is 2.05. The van der Waals surface area contributed by atoms with Crippen molar-refractivity contribution >= 4 is 29.9 Å². The van der Waals surface area contributed by atoms with E-state index in [0.717, 1.165) is 11.5 Å². The van der Waals surface area contributed by atoms with Crippen molar-refractivity contribution in [1.82, 2.24) is 10.6 Å². The van der Waals surface area contributed by atoms with Crippen LogP contribution in [0.15, 0.2) is 29.3 Å². The van der Waals surface area contributed by atoms with Crippen LogP contribution in [0.2, 0.25) is 0 Å². The number of nitrogens with one attached hydrogen (secondary N) is 2. The van der Waals surface area contributed by atoms with Gasteiger partial charge in [-0.05, 0) is 31.5 Å². The molecule has 1 aromatic rings. The van der Waals surface area contributed by atoms with E-state index in [9.17, 15) is 0 Å². The van der Waals surface area contributed by atoms with Crippen LogP contribution in [-0.4, -0.2) is 32.3 Å². The summed E-state index contributed by atoms with van der Waals surface area (Å²) in [6.07, 6.45) is 0. The molecule has 0 radical (unpaired) electrons. The minimum atomic E-state index is -0.244. The molecule has 0 saturated heterocycles. The van der Waals surface area contributed by atoms with E-state index in [0.29, 0.717) is 18.7 Å². The van der Waals surface area contributed by atoms with Gasteiger partial charge in [0.25, 0.3) is 0 Å². The maximum absolute atomic E-state index is 8.75. The summed E-state index contributed by atoms with van der Waals surface area (Å²) in [5, 5.41) is 15.2. The highest BCUT2D eigenvalue weighted by atomic mass is 127. The Hall–Kier alpha value is -1.33. The number of rotatable bonds is 5. The number of aliphatic imine (C=N–C) groups is 1. The fourth-order valence-electron chi connectivity index (χ4n) is 1.47. The van der Waals surface area contributed by atoms with Crippen molar-refractivity contribution in [3.05, 3.63) is 35.4 Å². The Bertz CT molecular complexity index is 491. The molecule has 0 bridgehead atoms. The summed E-state index contributed by atoms with van der Waals surface area (Å²) in [4.78, 5) is 4.16. The number of halogens is 1. The van der Waals surface area contributed by atoms with Gasteiger partial charge in [0.05, 0.1) is 17.2 Å². The second kappa shape index (κ2) is 9.58. The monoisotopic (exact) mass is 402 g/mol. The van der Waals surface area contributed by atoms with E-state index in [1.807, 2.05) is 26.0 Å². The average molecular weight is 402 g/mol. The zero-order valence-corrected chi connectivity index (χ0v) is 15.3. The largest absolute Gasteiger partial charge is 0.377 e. The molecule has 0 aliphatic heterocycles. The van der Waals surface area contributed by atoms with E-state index >= 15 is 0 Å². The van der Waals surface area contributed by atoms with E-state index in [1.54, 1.807) is 26.3 Å². The number of hydrogen-bond acceptors (Lipinski definition) is 3. The van der Waals surface area contributed by atoms with E-state index in [2.05, 4.69) is 21.7 Å². The van der Waals surface area contributed by atoms with Gasteiger partial charge in [-0.15, -0.1) is 24.0 Å². The third-order valence-corrected chi connectivity index (χ3v) is 3.00. The summed E-state index contributed by atoms with van der Waals surface area (Å²) in [6.45, 7) is 5.33. The van der Waals surface area contributed by atoms with Crippen molar-refractivity contribution in [1.29, 1.82) is 5.26 Å². The normalized spacial score (nSPS) is 11.3. The van der Waals surface area contributed by atoms with Crippen LogP contribution in [-0.2, 0) is 11.3 Å². The molecule has 0 spiro atoms. The van der Waals surface area contributed by atoms with Gasteiger partial charge >= 0.3 is 0 Å². The van der Waals surface area contributed by atoms with E-state index in [4.69, 9.17) is 10.00 Å². The Morgan fingerprint density at radius 1 is 1.29 bits per heavy atom. The van der Waals surface area contributed by atoms with Gasteiger partial charge in [-0.2, -0.15) is 5.26 Å². The first-order valence-corrected chi connectivity index (χ1v) is 6.49. The first-order chi connectivity index (χ1) is 9.50. The molecule has 0 atom stereocenters. The molecular formula is C15H23IN4O. The highest BCUT2D eigenvalue weighted by Gasteiger charge is 2.16. The molecule has 5 nitrogen and oxygen atoms in total. The van der Waals surface area contributed by atoms with E-state index in [1.165, 1.54) is 0 Å². The van der Waals surface area contributed by atoms with Crippen LogP contribution < -0.4 is 10.6 Å². The SMILES string of the molecule is CN=C(NCc1ccc(C#N)cc1)NCC(C)(C)OC.I. The Morgan fingerprint density at radius 2 is 1.90 bits per heavy atom. The molecule has 0 aromatic heterocycles. The number of nitriles is 1. The molecule has 2 N–H and O–H groups in total. The van der Waals surface area contributed by atoms with Gasteiger partial charge in [-0.3, -0.25) is 4.99 Å². The molecule has 1 rings (SSSR count). The van der Waals surface area contributed by atoms with Crippen LogP contribution in [0.3, 0.4) is 0 Å². The van der Waals surface area contributed by atoms with Gasteiger partial charge in [0.1, 0.15) is 0 Å². The lowest BCUT2D eigenvalue weighted by atomic mass is 10.1. The molecule has 0 saturated carbocycles. The van der Waals surface area contributed by atoms with Crippen LogP contribution in [0, 0.1) is 11.3 Å². The smallest absolute Gasteiger partial charge is 0.191 e. The molecule has 6 heteroatoms. The van der Waals surface area contributed by atoms with Crippen LogP contribution in [0.1, 0.15) is 25.0 Å². The molecule has 1 aromatic carbocycles. The Balaban J connectivity index is 0.00000400. The third kappa shape index (κ3) is 7.29. The van der Waals surface area contributed by atoms with Crippen LogP contribution >= 0.6 is 24.0 Å². The summed E-state index contributed by atoms with van der Waals surface area (Å²) >= 11 is 0. The maximum Gasteiger partial charge on any atom is 0.191 e. The van der Waals surface area contributed by atoms with Crippen molar-refractivity contribution in [2.24, 2.45) is 4.99 Å². The van der Waals surface area contributed by atoms with Crippen molar-refractivity contribution in [3.63, 3.8) is 0 Å². The molecule has 0 aliphatic rings. The molecule has 0 unspecified atom stereocenters. The molecule has 0 heterocycles. The zero-order valence-electron chi connectivity index (χ0n) is 12.9. The molecule has 0 aliphatic carbocycles. The number of ether oxygens (including phenoxy) is 1. The number of nitrogens with zero attached hydrogens (tertiary/aromatic N) is 2. The van der Waals surface area contributed by atoms with Crippen LogP contribution in [0.5, 0.6) is 0 Å². The fourth-order valence-corrected chi connectivity index (χ4v) is 1.47. The van der Waals surface area contributed by atoms with Crippen molar-refractivity contribution < 1.29 is 4.74 Å². The lowest BCUT2D eigenvalue weighted by Gasteiger charge is -2.24. The quantitative estimate of drug-likeness (QED) is 0.451. The van der Waals surface area contributed by atoms with Crippen molar-refractivity contribution in [2.45, 2.75) is 26.0 Å². The third-order valence-electron chi connectivity index (χ3n) is 3.00. The minimum absolute atomic E-state index is 0. The number of hydrogen-bond donors (Lipinski definition) is 2. The highest BCUT2D eigenvalue weighted by molar-refractivity contribution is 14.0. The molecule has 116 valence electrons. The molecular weight excluding hydrogens is 379 g/mol. The lowest BCUT2D eigenvalue weighted by molar-refractivity contribution is 0.0268. The minimum Gasteiger partial charge on any atom is -0.377 e. The molecule has 0 fully saturated rings. The van der Waals surface area contributed by atoms with Crippen LogP contribution in [0.25, 0.3) is 0 Å². The van der Waals surface area contributed by atoms with Crippen molar-refractivity contribution in [3.8, 4) is 6.07 Å². The van der Waals surface area contributed by atoms with Gasteiger partial charge < -0.3 is 15.4 Å². The van der Waals surface area contributed by atoms with Gasteiger partial charge in [0.2, 0.25) is 0 Å². The number of benzene rings is 1. The summed E-state index contributed by atoms with van der Waals surface area (Å²) in [6, 6.07) is 9.57. The first-order valence-electron chi connectivity index (χ1n) is 6.49. The Labute approximate surface area is 143 Å². The Morgan fingerprint density at radius 3 is 2.38 bits per heavy atom. The number of guanidine groups is 1. The topological polar surface area (TPSA) is 69.4 Å². The fraction of sp³-hybridized carbons (Fsp3) is 0.467. The average Bonchev–Trinajstić information content (AvgIpc) is 2.48. The lowest BCUT2D eigenvalue weighted by Crippen LogP contribution is -2.45. The van der Waals surface area contributed by atoms with Gasteiger partial charge in [0, 0.05) is 27.2 Å². The summed E-state index contributed by atoms with van der Waals surface area (Å²) < 4.78 is 5.34. The van der Waals surface area contributed by atoms with Gasteiger partial charge in [-0.25, -0.2) is 0 Å². The zero-order chi connectivity index (χ0) is 15.0. The van der Waals surface area contributed by atoms with Gasteiger partial charge in [-0.1, -0.05) is 12.1 Å². The second-order valence-electron chi connectivity index (χ2n) is 5.05. The predicted molar refractivity (Wildman–Crippen MR) is 95.9 cm³/mol. The summed E-state index contributed by atoms with van der Waals surface area (Å²) in [5.41, 5.74) is 1.52. The maximum atomic E-state index is 8.75. The van der Waals surface area contributed by atoms with E-state index < -0.39 is 0 Å². The van der Waals surface area contributed by atoms with Crippen LogP contribution in [0.4, 0.5) is 0 Å².